The Labute approximate surface area is 184 Å². The van der Waals surface area contributed by atoms with Gasteiger partial charge in [0, 0.05) is 16.3 Å². The van der Waals surface area contributed by atoms with Crippen molar-refractivity contribution in [2.75, 3.05) is 7.11 Å². The number of rotatable bonds is 3. The summed E-state index contributed by atoms with van der Waals surface area (Å²) < 4.78 is 13.2. The van der Waals surface area contributed by atoms with Crippen LogP contribution in [0.1, 0.15) is 30.4 Å². The van der Waals surface area contributed by atoms with Crippen molar-refractivity contribution >= 4 is 15.9 Å². The predicted molar refractivity (Wildman–Crippen MR) is 117 cm³/mol. The van der Waals surface area contributed by atoms with E-state index in [-0.39, 0.29) is 17.8 Å². The lowest BCUT2D eigenvalue weighted by Crippen LogP contribution is -2.60. The van der Waals surface area contributed by atoms with Crippen molar-refractivity contribution in [3.63, 3.8) is 0 Å². The number of halogens is 1. The number of benzene rings is 1. The standard InChI is InChI=1S/C24H24BrNO4/c1-14-10-16(25)8-9-17(14)24-18(15-6-4-3-5-7-15)11-21(27)23(24,28)22-19(29-2)12-26-13-20(22)30-24/h3-10,12-14,17-18,21,27-28H,11H2,1-2H3/t14?,17?,18-,21+,23+,24-/m0/s1. The van der Waals surface area contributed by atoms with Crippen molar-refractivity contribution in [1.29, 1.82) is 0 Å². The minimum atomic E-state index is -1.64. The molecule has 6 heteroatoms. The van der Waals surface area contributed by atoms with Gasteiger partial charge < -0.3 is 19.7 Å². The van der Waals surface area contributed by atoms with Gasteiger partial charge in [-0.15, -0.1) is 0 Å². The second kappa shape index (κ2) is 6.94. The van der Waals surface area contributed by atoms with E-state index in [0.717, 1.165) is 10.0 Å². The van der Waals surface area contributed by atoms with Gasteiger partial charge in [-0.1, -0.05) is 71.4 Å². The zero-order valence-corrected chi connectivity index (χ0v) is 18.4. The van der Waals surface area contributed by atoms with Crippen LogP contribution in [-0.2, 0) is 5.60 Å². The molecular weight excluding hydrogens is 446 g/mol. The average Bonchev–Trinajstić information content (AvgIpc) is 3.14. The zero-order chi connectivity index (χ0) is 21.1. The molecule has 2 aliphatic carbocycles. The number of aromatic nitrogens is 1. The highest BCUT2D eigenvalue weighted by molar-refractivity contribution is 9.11. The molecule has 30 heavy (non-hydrogen) atoms. The van der Waals surface area contributed by atoms with E-state index in [9.17, 15) is 10.2 Å². The van der Waals surface area contributed by atoms with Crippen LogP contribution in [0.25, 0.3) is 0 Å². The largest absolute Gasteiger partial charge is 0.495 e. The third-order valence-electron chi connectivity index (χ3n) is 6.96. The number of hydrogen-bond acceptors (Lipinski definition) is 5. The highest BCUT2D eigenvalue weighted by Gasteiger charge is 2.75. The first-order valence-electron chi connectivity index (χ1n) is 10.2. The molecule has 5 nitrogen and oxygen atoms in total. The summed E-state index contributed by atoms with van der Waals surface area (Å²) in [5.74, 6) is 0.557. The molecule has 2 heterocycles. The molecule has 5 rings (SSSR count). The Morgan fingerprint density at radius 3 is 2.70 bits per heavy atom. The first-order valence-corrected chi connectivity index (χ1v) is 10.9. The number of fused-ring (bicyclic) bond motifs is 3. The Morgan fingerprint density at radius 2 is 2.00 bits per heavy atom. The number of ether oxygens (including phenoxy) is 2. The summed E-state index contributed by atoms with van der Waals surface area (Å²) in [5, 5.41) is 23.7. The lowest BCUT2D eigenvalue weighted by Gasteiger charge is -2.47. The maximum atomic E-state index is 12.3. The SMILES string of the molecule is COc1cncc2c1[C@]1(O)[C@H](O)C[C@@H](c3ccccc3)[C@]1(C1C=CC(Br)=CC1C)O2. The predicted octanol–water partition coefficient (Wildman–Crippen LogP) is 4.06. The second-order valence-electron chi connectivity index (χ2n) is 8.39. The minimum Gasteiger partial charge on any atom is -0.495 e. The van der Waals surface area contributed by atoms with Crippen LogP contribution < -0.4 is 9.47 Å². The van der Waals surface area contributed by atoms with E-state index in [1.807, 2.05) is 36.4 Å². The third kappa shape index (κ3) is 2.44. The number of nitrogens with zero attached hydrogens (tertiary/aromatic N) is 1. The van der Waals surface area contributed by atoms with Crippen molar-refractivity contribution < 1.29 is 19.7 Å². The van der Waals surface area contributed by atoms with Crippen LogP contribution in [0, 0.1) is 11.8 Å². The number of aliphatic hydroxyl groups excluding tert-OH is 1. The third-order valence-corrected chi connectivity index (χ3v) is 7.49. The van der Waals surface area contributed by atoms with Crippen molar-refractivity contribution in [2.24, 2.45) is 11.8 Å². The van der Waals surface area contributed by atoms with Gasteiger partial charge in [-0.2, -0.15) is 0 Å². The van der Waals surface area contributed by atoms with Crippen LogP contribution in [0.4, 0.5) is 0 Å². The molecule has 0 spiro atoms. The molecule has 1 saturated carbocycles. The Bertz CT molecular complexity index is 1040. The van der Waals surface area contributed by atoms with Gasteiger partial charge >= 0.3 is 0 Å². The fourth-order valence-corrected chi connectivity index (χ4v) is 6.33. The minimum absolute atomic E-state index is 0.0701. The summed E-state index contributed by atoms with van der Waals surface area (Å²) in [6.45, 7) is 2.11. The lowest BCUT2D eigenvalue weighted by atomic mass is 9.63. The van der Waals surface area contributed by atoms with E-state index in [2.05, 4.69) is 40.0 Å². The number of pyridine rings is 1. The molecule has 0 saturated heterocycles. The monoisotopic (exact) mass is 469 g/mol. The molecule has 0 radical (unpaired) electrons. The Hall–Kier alpha value is -2.15. The number of allylic oxidation sites excluding steroid dienone is 3. The van der Waals surface area contributed by atoms with Crippen molar-refractivity contribution in [1.82, 2.24) is 4.98 Å². The average molecular weight is 470 g/mol. The zero-order valence-electron chi connectivity index (χ0n) is 16.8. The number of aliphatic hydroxyl groups is 2. The fraction of sp³-hybridized carbons (Fsp3) is 0.375. The summed E-state index contributed by atoms with van der Waals surface area (Å²) in [7, 11) is 1.54. The molecule has 2 N–H and O–H groups in total. The molecule has 1 fully saturated rings. The van der Waals surface area contributed by atoms with Crippen LogP contribution >= 0.6 is 15.9 Å². The highest BCUT2D eigenvalue weighted by Crippen LogP contribution is 2.67. The van der Waals surface area contributed by atoms with Crippen molar-refractivity contribution in [3.05, 3.63) is 76.6 Å². The molecular formula is C24H24BrNO4. The summed E-state index contributed by atoms with van der Waals surface area (Å²) in [6, 6.07) is 10.0. The van der Waals surface area contributed by atoms with Gasteiger partial charge in [0.05, 0.1) is 31.2 Å². The molecule has 1 aromatic heterocycles. The van der Waals surface area contributed by atoms with Gasteiger partial charge in [0.15, 0.2) is 11.2 Å². The first kappa shape index (κ1) is 19.8. The summed E-state index contributed by atoms with van der Waals surface area (Å²) >= 11 is 3.56. The quantitative estimate of drug-likeness (QED) is 0.708. The van der Waals surface area contributed by atoms with Gasteiger partial charge in [0.25, 0.3) is 0 Å². The molecule has 0 bridgehead atoms. The highest BCUT2D eigenvalue weighted by atomic mass is 79.9. The molecule has 156 valence electrons. The van der Waals surface area contributed by atoms with Crippen LogP contribution in [-0.4, -0.2) is 34.0 Å². The van der Waals surface area contributed by atoms with E-state index < -0.39 is 17.3 Å². The van der Waals surface area contributed by atoms with E-state index in [1.54, 1.807) is 19.5 Å². The molecule has 2 unspecified atom stereocenters. The van der Waals surface area contributed by atoms with Gasteiger partial charge in [-0.3, -0.25) is 4.98 Å². The Balaban J connectivity index is 1.78. The van der Waals surface area contributed by atoms with Crippen molar-refractivity contribution in [3.8, 4) is 11.5 Å². The fourth-order valence-electron chi connectivity index (χ4n) is 5.76. The van der Waals surface area contributed by atoms with E-state index in [4.69, 9.17) is 9.47 Å². The first-order chi connectivity index (χ1) is 14.4. The normalized spacial score (nSPS) is 36.6. The molecule has 0 amide bonds. The topological polar surface area (TPSA) is 71.8 Å². The smallest absolute Gasteiger partial charge is 0.163 e. The van der Waals surface area contributed by atoms with Gasteiger partial charge in [0.1, 0.15) is 11.5 Å². The van der Waals surface area contributed by atoms with E-state index in [0.29, 0.717) is 23.5 Å². The van der Waals surface area contributed by atoms with Gasteiger partial charge in [-0.05, 0) is 17.9 Å². The Kier molecular flexibility index (Phi) is 4.58. The van der Waals surface area contributed by atoms with Crippen LogP contribution in [0.15, 0.2) is 65.4 Å². The maximum absolute atomic E-state index is 12.3. The lowest BCUT2D eigenvalue weighted by molar-refractivity contribution is -0.166. The summed E-state index contributed by atoms with van der Waals surface area (Å²) in [5.41, 5.74) is -1.23. The van der Waals surface area contributed by atoms with Gasteiger partial charge in [-0.25, -0.2) is 0 Å². The summed E-state index contributed by atoms with van der Waals surface area (Å²) in [4.78, 5) is 4.24. The Morgan fingerprint density at radius 1 is 1.23 bits per heavy atom. The van der Waals surface area contributed by atoms with E-state index in [1.165, 1.54) is 0 Å². The molecule has 1 aromatic carbocycles. The summed E-state index contributed by atoms with van der Waals surface area (Å²) in [6.07, 6.45) is 8.73. The van der Waals surface area contributed by atoms with Crippen LogP contribution in [0.3, 0.4) is 0 Å². The number of hydrogen-bond donors (Lipinski definition) is 2. The molecule has 6 atom stereocenters. The second-order valence-corrected chi connectivity index (χ2v) is 9.30. The van der Waals surface area contributed by atoms with Crippen molar-refractivity contribution in [2.45, 2.75) is 36.6 Å². The van der Waals surface area contributed by atoms with Crippen LogP contribution in [0.5, 0.6) is 11.5 Å². The molecule has 2 aromatic rings. The molecule has 1 aliphatic heterocycles. The molecule has 3 aliphatic rings. The van der Waals surface area contributed by atoms with E-state index >= 15 is 0 Å². The number of methoxy groups -OCH3 is 1. The maximum Gasteiger partial charge on any atom is 0.163 e. The van der Waals surface area contributed by atoms with Crippen LogP contribution in [0.2, 0.25) is 0 Å². The van der Waals surface area contributed by atoms with Gasteiger partial charge in [0.2, 0.25) is 0 Å².